The number of carboxylic acid groups (broad SMARTS) is 1. The maximum absolute atomic E-state index is 10.8. The first-order valence-electron chi connectivity index (χ1n) is 7.91. The molecule has 0 saturated heterocycles. The molecule has 8 heteroatoms. The Balaban J connectivity index is 0.00000243. The second-order valence-electron chi connectivity index (χ2n) is 5.91. The topological polar surface area (TPSA) is 95.8 Å². The molecule has 1 N–H and O–H groups in total. The van der Waals surface area contributed by atoms with Crippen LogP contribution in [0.2, 0.25) is 0 Å². The van der Waals surface area contributed by atoms with Gasteiger partial charge in [0.05, 0.1) is 23.6 Å². The Morgan fingerprint density at radius 2 is 1.85 bits per heavy atom. The van der Waals surface area contributed by atoms with Gasteiger partial charge in [-0.1, -0.05) is 12.1 Å². The van der Waals surface area contributed by atoms with Gasteiger partial charge in [-0.15, -0.1) is 0 Å². The van der Waals surface area contributed by atoms with Gasteiger partial charge in [-0.05, 0) is 44.5 Å². The quantitative estimate of drug-likeness (QED) is 0.618. The number of imidazole rings is 1. The number of carboxylic acids is 1. The van der Waals surface area contributed by atoms with Crippen molar-refractivity contribution in [1.82, 2.24) is 19.5 Å². The SMILES string of the molecule is Cc1ncc(-c2ccnc(Nc3ccc(C(=O)[O-])cc3)n2)n1C(C)C.[Li+]. The molecule has 0 amide bonds. The van der Waals surface area contributed by atoms with Gasteiger partial charge in [0.1, 0.15) is 5.82 Å². The Hall–Kier alpha value is -2.62. The van der Waals surface area contributed by atoms with Crippen LogP contribution in [0, 0.1) is 6.92 Å². The Kier molecular flexibility index (Phi) is 6.19. The van der Waals surface area contributed by atoms with Crippen LogP contribution in [0.1, 0.15) is 36.1 Å². The van der Waals surface area contributed by atoms with E-state index in [2.05, 4.69) is 38.7 Å². The Labute approximate surface area is 163 Å². The number of aryl methyl sites for hydroxylation is 1. The number of nitrogens with zero attached hydrogens (tertiary/aromatic N) is 4. The smallest absolute Gasteiger partial charge is 0.545 e. The molecule has 0 aliphatic rings. The second kappa shape index (κ2) is 8.17. The van der Waals surface area contributed by atoms with Gasteiger partial charge < -0.3 is 19.8 Å². The number of hydrogen-bond donors (Lipinski definition) is 1. The van der Waals surface area contributed by atoms with E-state index in [-0.39, 0.29) is 30.5 Å². The molecule has 0 unspecified atom stereocenters. The molecule has 2 aromatic heterocycles. The van der Waals surface area contributed by atoms with E-state index in [9.17, 15) is 9.90 Å². The third-order valence-corrected chi connectivity index (χ3v) is 3.79. The minimum Gasteiger partial charge on any atom is -0.545 e. The fourth-order valence-corrected chi connectivity index (χ4v) is 2.67. The van der Waals surface area contributed by atoms with Gasteiger partial charge in [0.25, 0.3) is 0 Å². The number of aromatic nitrogens is 4. The first kappa shape index (κ1) is 19.7. The standard InChI is InChI=1S/C18H19N5O2.Li/c1-11(2)23-12(3)20-10-16(23)15-8-9-19-18(22-15)21-14-6-4-13(5-7-14)17(24)25;/h4-11H,1-3H3,(H,24,25)(H,19,21,22);/q;+1/p-1. The summed E-state index contributed by atoms with van der Waals surface area (Å²) in [5.41, 5.74) is 2.50. The number of rotatable bonds is 5. The van der Waals surface area contributed by atoms with E-state index in [1.807, 2.05) is 13.0 Å². The van der Waals surface area contributed by atoms with Gasteiger partial charge in [0, 0.05) is 17.9 Å². The molecule has 0 spiro atoms. The zero-order chi connectivity index (χ0) is 18.0. The molecule has 0 saturated carbocycles. The van der Waals surface area contributed by atoms with Crippen LogP contribution >= 0.6 is 0 Å². The van der Waals surface area contributed by atoms with Crippen molar-refractivity contribution in [2.75, 3.05) is 5.32 Å². The van der Waals surface area contributed by atoms with Crippen LogP contribution in [-0.4, -0.2) is 25.5 Å². The largest absolute Gasteiger partial charge is 1.00 e. The van der Waals surface area contributed by atoms with Crippen molar-refractivity contribution in [3.05, 3.63) is 54.1 Å². The van der Waals surface area contributed by atoms with Crippen molar-refractivity contribution in [3.8, 4) is 11.4 Å². The van der Waals surface area contributed by atoms with E-state index < -0.39 is 5.97 Å². The number of carbonyl (C=O) groups excluding carboxylic acids is 1. The molecule has 0 bridgehead atoms. The average molecular weight is 343 g/mol. The maximum Gasteiger partial charge on any atom is 1.00 e. The van der Waals surface area contributed by atoms with E-state index in [4.69, 9.17) is 0 Å². The van der Waals surface area contributed by atoms with Gasteiger partial charge in [-0.2, -0.15) is 0 Å². The Morgan fingerprint density at radius 1 is 1.15 bits per heavy atom. The minimum atomic E-state index is -1.21. The maximum atomic E-state index is 10.8. The van der Waals surface area contributed by atoms with E-state index >= 15 is 0 Å². The van der Waals surface area contributed by atoms with Crippen molar-refractivity contribution in [1.29, 1.82) is 0 Å². The molecule has 0 aliphatic carbocycles. The third kappa shape index (κ3) is 4.13. The third-order valence-electron chi connectivity index (χ3n) is 3.79. The van der Waals surface area contributed by atoms with E-state index in [1.54, 1.807) is 24.5 Å². The number of nitrogens with one attached hydrogen (secondary N) is 1. The van der Waals surface area contributed by atoms with Gasteiger partial charge >= 0.3 is 18.9 Å². The number of hydrogen-bond acceptors (Lipinski definition) is 6. The number of anilines is 2. The summed E-state index contributed by atoms with van der Waals surface area (Å²) in [6.07, 6.45) is 3.48. The molecular formula is C18H18LiN5O2. The van der Waals surface area contributed by atoms with Crippen LogP contribution in [0.4, 0.5) is 11.6 Å². The van der Waals surface area contributed by atoms with Crippen LogP contribution in [0.5, 0.6) is 0 Å². The summed E-state index contributed by atoms with van der Waals surface area (Å²) in [6, 6.07) is 8.32. The molecule has 128 valence electrons. The first-order valence-corrected chi connectivity index (χ1v) is 7.91. The monoisotopic (exact) mass is 343 g/mol. The predicted octanol–water partition coefficient (Wildman–Crippen LogP) is -0.659. The van der Waals surface area contributed by atoms with Crippen molar-refractivity contribution in [2.45, 2.75) is 26.8 Å². The fraction of sp³-hybridized carbons (Fsp3) is 0.222. The molecule has 0 radical (unpaired) electrons. The molecule has 1 aromatic carbocycles. The summed E-state index contributed by atoms with van der Waals surface area (Å²) in [5, 5.41) is 13.9. The van der Waals surface area contributed by atoms with Crippen molar-refractivity contribution < 1.29 is 28.8 Å². The van der Waals surface area contributed by atoms with Crippen molar-refractivity contribution in [2.24, 2.45) is 0 Å². The van der Waals surface area contributed by atoms with Crippen LogP contribution in [0.3, 0.4) is 0 Å². The number of benzene rings is 1. The van der Waals surface area contributed by atoms with Gasteiger partial charge in [-0.3, -0.25) is 0 Å². The molecule has 3 aromatic rings. The Morgan fingerprint density at radius 3 is 2.46 bits per heavy atom. The van der Waals surface area contributed by atoms with Gasteiger partial charge in [0.15, 0.2) is 0 Å². The molecule has 0 aliphatic heterocycles. The molecule has 0 fully saturated rings. The van der Waals surface area contributed by atoms with Crippen LogP contribution in [0.15, 0.2) is 42.7 Å². The summed E-state index contributed by atoms with van der Waals surface area (Å²) in [5.74, 6) is 0.144. The van der Waals surface area contributed by atoms with Crippen LogP contribution in [-0.2, 0) is 0 Å². The zero-order valence-electron chi connectivity index (χ0n) is 15.2. The number of aromatic carboxylic acids is 1. The van der Waals surface area contributed by atoms with Crippen LogP contribution in [0.25, 0.3) is 11.4 Å². The summed E-state index contributed by atoms with van der Waals surface area (Å²) in [6.45, 7) is 6.15. The minimum absolute atomic E-state index is 0. The molecule has 2 heterocycles. The number of carbonyl (C=O) groups is 1. The normalized spacial score (nSPS) is 10.5. The zero-order valence-corrected chi connectivity index (χ0v) is 15.2. The van der Waals surface area contributed by atoms with Crippen molar-refractivity contribution >= 4 is 17.6 Å². The van der Waals surface area contributed by atoms with Gasteiger partial charge in [0.2, 0.25) is 5.95 Å². The molecule has 3 rings (SSSR count). The fourth-order valence-electron chi connectivity index (χ4n) is 2.67. The summed E-state index contributed by atoms with van der Waals surface area (Å²) in [7, 11) is 0. The summed E-state index contributed by atoms with van der Waals surface area (Å²) < 4.78 is 2.11. The van der Waals surface area contributed by atoms with Gasteiger partial charge in [-0.25, -0.2) is 15.0 Å². The summed E-state index contributed by atoms with van der Waals surface area (Å²) >= 11 is 0. The first-order chi connectivity index (χ1) is 12.0. The van der Waals surface area contributed by atoms with E-state index in [0.717, 1.165) is 17.2 Å². The van der Waals surface area contributed by atoms with E-state index in [0.29, 0.717) is 11.6 Å². The Bertz CT molecular complexity index is 906. The van der Waals surface area contributed by atoms with Crippen molar-refractivity contribution in [3.63, 3.8) is 0 Å². The van der Waals surface area contributed by atoms with Crippen LogP contribution < -0.4 is 29.3 Å². The molecule has 7 nitrogen and oxygen atoms in total. The molecular weight excluding hydrogens is 325 g/mol. The second-order valence-corrected chi connectivity index (χ2v) is 5.91. The molecule has 26 heavy (non-hydrogen) atoms. The average Bonchev–Trinajstić information content (AvgIpc) is 2.97. The molecule has 0 atom stereocenters. The summed E-state index contributed by atoms with van der Waals surface area (Å²) in [4.78, 5) is 23.9. The van der Waals surface area contributed by atoms with E-state index in [1.165, 1.54) is 12.1 Å². The predicted molar refractivity (Wildman–Crippen MR) is 92.4 cm³/mol.